The van der Waals surface area contributed by atoms with E-state index in [1.165, 1.54) is 18.1 Å². The predicted octanol–water partition coefficient (Wildman–Crippen LogP) is 9.40. The molecule has 1 saturated heterocycles. The van der Waals surface area contributed by atoms with Gasteiger partial charge in [-0.2, -0.15) is 13.2 Å². The van der Waals surface area contributed by atoms with E-state index in [1.807, 2.05) is 91.8 Å². The molecule has 0 radical (unpaired) electrons. The Bertz CT molecular complexity index is 2650. The molecule has 0 bridgehead atoms. The summed E-state index contributed by atoms with van der Waals surface area (Å²) in [6, 6.07) is 31.8. The summed E-state index contributed by atoms with van der Waals surface area (Å²) < 4.78 is 80.2. The first-order chi connectivity index (χ1) is 30.2. The van der Waals surface area contributed by atoms with E-state index in [1.54, 1.807) is 6.07 Å². The first kappa shape index (κ1) is 45.6. The topological polar surface area (TPSA) is 120 Å². The molecule has 0 unspecified atom stereocenters. The highest BCUT2D eigenvalue weighted by molar-refractivity contribution is 7.99. The monoisotopic (exact) mass is 917 g/mol. The van der Waals surface area contributed by atoms with Crippen LogP contribution in [0.25, 0.3) is 22.0 Å². The van der Waals surface area contributed by atoms with Crippen LogP contribution in [0.1, 0.15) is 27.9 Å². The number of carbonyl (C=O) groups is 1. The number of hydrogen-bond donors (Lipinski definition) is 2. The second-order valence-corrected chi connectivity index (χ2v) is 18.6. The highest BCUT2D eigenvalue weighted by Crippen LogP contribution is 2.40. The van der Waals surface area contributed by atoms with Crippen LogP contribution in [0.2, 0.25) is 5.02 Å². The minimum Gasteiger partial charge on any atom is -0.465 e. The summed E-state index contributed by atoms with van der Waals surface area (Å²) in [5, 5.41) is 3.97. The van der Waals surface area contributed by atoms with E-state index in [2.05, 4.69) is 48.0 Å². The van der Waals surface area contributed by atoms with Gasteiger partial charge in [-0.3, -0.25) is 9.62 Å². The van der Waals surface area contributed by atoms with Crippen molar-refractivity contribution < 1.29 is 31.1 Å². The fourth-order valence-corrected chi connectivity index (χ4v) is 9.73. The van der Waals surface area contributed by atoms with Gasteiger partial charge in [0.1, 0.15) is 6.33 Å². The van der Waals surface area contributed by atoms with Crippen molar-refractivity contribution in [2.45, 2.75) is 35.0 Å². The predicted molar refractivity (Wildman–Crippen MR) is 245 cm³/mol. The smallest absolute Gasteiger partial charge is 0.418 e. The Morgan fingerprint density at radius 3 is 2.32 bits per heavy atom. The summed E-state index contributed by atoms with van der Waals surface area (Å²) in [5.74, 6) is -0.913. The number of piperazine rings is 1. The molecule has 0 amide bonds. The molecular formula is C46H47ClF3N7O4S2. The zero-order valence-corrected chi connectivity index (χ0v) is 37.3. The normalized spacial score (nSPS) is 14.2. The number of nitrogens with zero attached hydrogens (tertiary/aromatic N) is 5. The molecule has 0 saturated carbocycles. The lowest BCUT2D eigenvalue weighted by atomic mass is 9.99. The maximum Gasteiger partial charge on any atom is 0.418 e. The average Bonchev–Trinajstić information content (AvgIpc) is 3.27. The summed E-state index contributed by atoms with van der Waals surface area (Å²) in [6.07, 6.45) is -3.45. The molecule has 5 aromatic carbocycles. The number of methoxy groups -OCH3 is 1. The fraction of sp³-hybridized carbons (Fsp3) is 0.283. The van der Waals surface area contributed by atoms with Crippen molar-refractivity contribution >= 4 is 67.5 Å². The Morgan fingerprint density at radius 2 is 1.63 bits per heavy atom. The first-order valence-corrected chi connectivity index (χ1v) is 23.0. The van der Waals surface area contributed by atoms with Gasteiger partial charge in [0.15, 0.2) is 5.82 Å². The number of esters is 1. The van der Waals surface area contributed by atoms with Crippen molar-refractivity contribution in [2.75, 3.05) is 74.6 Å². The van der Waals surface area contributed by atoms with Crippen LogP contribution in [-0.2, 0) is 27.5 Å². The number of aromatic nitrogens is 2. The molecule has 0 aliphatic carbocycles. The molecule has 2 heterocycles. The maximum atomic E-state index is 15.0. The zero-order valence-electron chi connectivity index (χ0n) is 34.9. The van der Waals surface area contributed by atoms with Crippen molar-refractivity contribution in [2.24, 2.45) is 0 Å². The highest BCUT2D eigenvalue weighted by atomic mass is 35.5. The molecular weight excluding hydrogens is 871 g/mol. The molecule has 63 heavy (non-hydrogen) atoms. The molecule has 1 fully saturated rings. The van der Waals surface area contributed by atoms with Crippen LogP contribution >= 0.6 is 23.4 Å². The third kappa shape index (κ3) is 11.4. The Hall–Kier alpha value is -5.39. The van der Waals surface area contributed by atoms with E-state index in [4.69, 9.17) is 16.3 Å². The van der Waals surface area contributed by atoms with Crippen LogP contribution in [0.5, 0.6) is 0 Å². The minimum atomic E-state index is -5.06. The maximum absolute atomic E-state index is 15.0. The van der Waals surface area contributed by atoms with Gasteiger partial charge in [-0.15, -0.1) is 11.8 Å². The van der Waals surface area contributed by atoms with Gasteiger partial charge in [0.05, 0.1) is 34.3 Å². The van der Waals surface area contributed by atoms with Gasteiger partial charge in [0.25, 0.3) is 10.0 Å². The third-order valence-corrected chi connectivity index (χ3v) is 13.5. The number of alkyl halides is 3. The Morgan fingerprint density at radius 1 is 0.921 bits per heavy atom. The molecule has 11 nitrogen and oxygen atoms in total. The summed E-state index contributed by atoms with van der Waals surface area (Å²) >= 11 is 7.87. The Balaban J connectivity index is 1.11. The number of nitrogens with one attached hydrogen (secondary N) is 2. The third-order valence-electron chi connectivity index (χ3n) is 10.7. The van der Waals surface area contributed by atoms with Crippen LogP contribution in [0.4, 0.5) is 30.4 Å². The standard InChI is InChI=1S/C46H47ClF3N7O4S2/c1-55(2)19-18-34(29-62-36-12-8-5-9-13-36)53-43-40(45(58)61-3)26-37(27-41(43)46(48,49)50)63(59,60)54-44-39-17-15-35(25-42(39)51-30-52-44)57-22-20-56(21-23-57)28-32-24-33(47)14-16-38(32)31-10-6-4-7-11-31/h4-17,24-27,30,34,53H,18-23,28-29H2,1-3H3,(H,51,52,54)/t34-/m1/s1. The summed E-state index contributed by atoms with van der Waals surface area (Å²) in [7, 11) is -0.0370. The second kappa shape index (κ2) is 20.0. The van der Waals surface area contributed by atoms with E-state index in [0.29, 0.717) is 53.8 Å². The Labute approximate surface area is 374 Å². The molecule has 7 rings (SSSR count). The quantitative estimate of drug-likeness (QED) is 0.0714. The van der Waals surface area contributed by atoms with Gasteiger partial charge in [-0.05, 0) is 98.3 Å². The zero-order chi connectivity index (χ0) is 44.7. The summed E-state index contributed by atoms with van der Waals surface area (Å²) in [5.41, 5.74) is 2.23. The number of carbonyl (C=O) groups excluding carboxylic acids is 1. The average molecular weight is 919 g/mol. The van der Waals surface area contributed by atoms with Gasteiger partial charge >= 0.3 is 12.1 Å². The number of benzene rings is 5. The van der Waals surface area contributed by atoms with Crippen molar-refractivity contribution in [1.29, 1.82) is 0 Å². The molecule has 2 N–H and O–H groups in total. The number of fused-ring (bicyclic) bond motifs is 1. The number of rotatable bonds is 16. The molecule has 330 valence electrons. The van der Waals surface area contributed by atoms with Crippen molar-refractivity contribution in [3.8, 4) is 11.1 Å². The van der Waals surface area contributed by atoms with Crippen LogP contribution < -0.4 is 14.9 Å². The van der Waals surface area contributed by atoms with Crippen LogP contribution in [0.3, 0.4) is 0 Å². The molecule has 1 atom stereocenters. The lowest BCUT2D eigenvalue weighted by molar-refractivity contribution is -0.137. The largest absolute Gasteiger partial charge is 0.465 e. The van der Waals surface area contributed by atoms with E-state index in [9.17, 15) is 26.4 Å². The van der Waals surface area contributed by atoms with Gasteiger partial charge in [0, 0.05) is 65.5 Å². The number of thioether (sulfide) groups is 1. The SMILES string of the molecule is COC(=O)c1cc(S(=O)(=O)Nc2ncnc3cc(N4CCN(Cc5cc(Cl)ccc5-c5ccccc5)CC4)ccc23)cc(C(F)(F)F)c1N[C@H](CCN(C)C)CSc1ccccc1. The van der Waals surface area contributed by atoms with E-state index in [-0.39, 0.29) is 5.82 Å². The highest BCUT2D eigenvalue weighted by Gasteiger charge is 2.39. The van der Waals surface area contributed by atoms with Gasteiger partial charge in [-0.1, -0.05) is 66.2 Å². The fourth-order valence-electron chi connectivity index (χ4n) is 7.46. The van der Waals surface area contributed by atoms with Crippen LogP contribution in [-0.4, -0.2) is 99.9 Å². The number of halogens is 4. The number of anilines is 3. The number of sulfonamides is 1. The van der Waals surface area contributed by atoms with Crippen molar-refractivity contribution in [3.05, 3.63) is 137 Å². The molecule has 17 heteroatoms. The van der Waals surface area contributed by atoms with Gasteiger partial charge < -0.3 is 19.9 Å². The lowest BCUT2D eigenvalue weighted by Gasteiger charge is -2.36. The van der Waals surface area contributed by atoms with Crippen LogP contribution in [0.15, 0.2) is 125 Å². The molecule has 0 spiro atoms. The molecule has 1 aliphatic heterocycles. The van der Waals surface area contributed by atoms with E-state index >= 15 is 0 Å². The Kier molecular flexibility index (Phi) is 14.5. The molecule has 1 aliphatic rings. The second-order valence-electron chi connectivity index (χ2n) is 15.4. The minimum absolute atomic E-state index is 0.135. The summed E-state index contributed by atoms with van der Waals surface area (Å²) in [4.78, 5) is 28.4. The van der Waals surface area contributed by atoms with E-state index < -0.39 is 49.9 Å². The molecule has 1 aromatic heterocycles. The van der Waals surface area contributed by atoms with Gasteiger partial charge in [-0.25, -0.2) is 23.2 Å². The lowest BCUT2D eigenvalue weighted by Crippen LogP contribution is -2.46. The summed E-state index contributed by atoms with van der Waals surface area (Å²) in [6.45, 7) is 4.24. The molecule has 6 aromatic rings. The number of hydrogen-bond acceptors (Lipinski definition) is 11. The van der Waals surface area contributed by atoms with E-state index in [0.717, 1.165) is 60.1 Å². The van der Waals surface area contributed by atoms with Crippen LogP contribution in [0, 0.1) is 0 Å². The van der Waals surface area contributed by atoms with Gasteiger partial charge in [0.2, 0.25) is 0 Å². The first-order valence-electron chi connectivity index (χ1n) is 20.2. The number of ether oxygens (including phenoxy) is 1. The van der Waals surface area contributed by atoms with Crippen molar-refractivity contribution in [3.63, 3.8) is 0 Å². The van der Waals surface area contributed by atoms with Crippen molar-refractivity contribution in [1.82, 2.24) is 19.8 Å².